The lowest BCUT2D eigenvalue weighted by Gasteiger charge is -2.24. The molecule has 5 rings (SSSR count). The summed E-state index contributed by atoms with van der Waals surface area (Å²) in [5, 5.41) is 15.9. The van der Waals surface area contributed by atoms with E-state index in [9.17, 15) is 4.79 Å². The van der Waals surface area contributed by atoms with Crippen molar-refractivity contribution in [3.05, 3.63) is 45.5 Å². The molecular weight excluding hydrogens is 470 g/mol. The smallest absolute Gasteiger partial charge is 0.409 e. The number of azide groups is 1. The minimum Gasteiger partial charge on any atom is -0.491 e. The van der Waals surface area contributed by atoms with Crippen LogP contribution in [-0.2, 0) is 17.6 Å². The zero-order chi connectivity index (χ0) is 24.4. The van der Waals surface area contributed by atoms with Crippen molar-refractivity contribution >= 4 is 50.1 Å². The number of rotatable bonds is 7. The number of amides is 1. The van der Waals surface area contributed by atoms with Gasteiger partial charge in [0.2, 0.25) is 0 Å². The number of thiophene rings is 1. The zero-order valence-electron chi connectivity index (χ0n) is 19.2. The van der Waals surface area contributed by atoms with Crippen LogP contribution in [-0.4, -0.2) is 64.5 Å². The maximum absolute atomic E-state index is 12.0. The van der Waals surface area contributed by atoms with Crippen LogP contribution in [0.4, 0.5) is 16.3 Å². The number of aromatic amines is 1. The highest BCUT2D eigenvalue weighted by Crippen LogP contribution is 2.41. The third kappa shape index (κ3) is 4.63. The van der Waals surface area contributed by atoms with Crippen molar-refractivity contribution in [3.8, 4) is 5.75 Å². The molecule has 180 valence electrons. The molecule has 0 aliphatic heterocycles. The number of carbonyl (C=O) groups is 1. The van der Waals surface area contributed by atoms with E-state index in [0.717, 1.165) is 38.8 Å². The Kier molecular flexibility index (Phi) is 6.25. The fraction of sp³-hybridized carbons (Fsp3) is 0.364. The third-order valence-electron chi connectivity index (χ3n) is 5.74. The first-order valence-electron chi connectivity index (χ1n) is 11.0. The molecule has 1 aliphatic rings. The molecule has 0 saturated carbocycles. The fourth-order valence-corrected chi connectivity index (χ4v) is 5.33. The summed E-state index contributed by atoms with van der Waals surface area (Å²) in [4.78, 5) is 27.3. The molecule has 0 fully saturated rings. The molecule has 3 aromatic heterocycles. The van der Waals surface area contributed by atoms with E-state index < -0.39 is 0 Å². The monoisotopic (exact) mass is 493 g/mol. The highest BCUT2D eigenvalue weighted by Gasteiger charge is 2.28. The van der Waals surface area contributed by atoms with E-state index in [-0.39, 0.29) is 25.3 Å². The van der Waals surface area contributed by atoms with Gasteiger partial charge in [-0.2, -0.15) is 5.10 Å². The van der Waals surface area contributed by atoms with E-state index >= 15 is 0 Å². The summed E-state index contributed by atoms with van der Waals surface area (Å²) in [6.07, 6.45) is 4.94. The van der Waals surface area contributed by atoms with E-state index in [1.807, 2.05) is 12.1 Å². The van der Waals surface area contributed by atoms with E-state index in [0.29, 0.717) is 23.7 Å². The van der Waals surface area contributed by atoms with Gasteiger partial charge >= 0.3 is 6.09 Å². The van der Waals surface area contributed by atoms with Gasteiger partial charge in [-0.15, -0.1) is 11.3 Å². The second-order valence-corrected chi connectivity index (χ2v) is 9.37. The molecule has 1 unspecified atom stereocenters. The summed E-state index contributed by atoms with van der Waals surface area (Å²) in [5.41, 5.74) is 11.2. The van der Waals surface area contributed by atoms with Gasteiger partial charge < -0.3 is 19.7 Å². The number of hydrogen-bond donors (Lipinski definition) is 2. The molecular formula is C22H23N9O3S. The Hall–Kier alpha value is -4.09. The van der Waals surface area contributed by atoms with Crippen molar-refractivity contribution in [2.45, 2.75) is 25.4 Å². The summed E-state index contributed by atoms with van der Waals surface area (Å²) >= 11 is 1.60. The SMILES string of the molecule is CN(C)C(=O)OC1CCc2c(sc3ncnc(Nc4cc5cn[nH]c5cc4OCCN=[N+]=[N-])c23)C1. The Balaban J connectivity index is 1.46. The molecule has 1 amide bonds. The molecule has 1 aliphatic carbocycles. The first-order valence-corrected chi connectivity index (χ1v) is 11.9. The standard InChI is InChI=1S/C22H23N9O3S/c1-31(2)22(32)34-13-3-4-14-18(8-13)35-21-19(14)20(24-11-25-21)28-16-7-12-10-27-29-15(12)9-17(16)33-6-5-26-30-23/h7,9-11,13H,3-6,8H2,1-2H3,(H,27,29)(H,24,25,28). The van der Waals surface area contributed by atoms with Crippen LogP contribution in [0.2, 0.25) is 0 Å². The highest BCUT2D eigenvalue weighted by molar-refractivity contribution is 7.19. The molecule has 0 bridgehead atoms. The van der Waals surface area contributed by atoms with Gasteiger partial charge in [0.1, 0.15) is 28.8 Å². The quantitative estimate of drug-likeness (QED) is 0.166. The van der Waals surface area contributed by atoms with Gasteiger partial charge in [0.05, 0.1) is 35.9 Å². The van der Waals surface area contributed by atoms with Crippen LogP contribution in [0, 0.1) is 0 Å². The van der Waals surface area contributed by atoms with Crippen LogP contribution in [0.3, 0.4) is 0 Å². The molecule has 0 spiro atoms. The predicted octanol–water partition coefficient (Wildman–Crippen LogP) is 4.56. The number of anilines is 2. The number of ether oxygens (including phenoxy) is 2. The van der Waals surface area contributed by atoms with Crippen molar-refractivity contribution in [3.63, 3.8) is 0 Å². The van der Waals surface area contributed by atoms with Gasteiger partial charge in [0, 0.05) is 41.8 Å². The van der Waals surface area contributed by atoms with Gasteiger partial charge in [-0.05, 0) is 30.0 Å². The maximum Gasteiger partial charge on any atom is 0.409 e. The van der Waals surface area contributed by atoms with E-state index in [4.69, 9.17) is 15.0 Å². The lowest BCUT2D eigenvalue weighted by molar-refractivity contribution is 0.0685. The number of H-pyrrole nitrogens is 1. The Labute approximate surface area is 203 Å². The van der Waals surface area contributed by atoms with Crippen LogP contribution in [0.15, 0.2) is 29.8 Å². The van der Waals surface area contributed by atoms with Crippen LogP contribution in [0.5, 0.6) is 5.75 Å². The molecule has 1 aromatic carbocycles. The first kappa shape index (κ1) is 22.7. The normalized spacial score (nSPS) is 14.9. The number of aryl methyl sites for hydroxylation is 1. The van der Waals surface area contributed by atoms with Crippen molar-refractivity contribution in [1.82, 2.24) is 25.1 Å². The zero-order valence-corrected chi connectivity index (χ0v) is 20.0. The van der Waals surface area contributed by atoms with Gasteiger partial charge in [-0.3, -0.25) is 5.10 Å². The molecule has 1 atom stereocenters. The van der Waals surface area contributed by atoms with E-state index in [2.05, 4.69) is 35.5 Å². The molecule has 2 N–H and O–H groups in total. The number of hydrogen-bond acceptors (Lipinski definition) is 9. The summed E-state index contributed by atoms with van der Waals surface area (Å²) in [6, 6.07) is 3.79. The molecule has 12 nitrogen and oxygen atoms in total. The molecule has 3 heterocycles. The molecule has 4 aromatic rings. The van der Waals surface area contributed by atoms with E-state index in [1.165, 1.54) is 16.8 Å². The number of carbonyl (C=O) groups excluding carboxylic acids is 1. The number of aromatic nitrogens is 4. The van der Waals surface area contributed by atoms with Crippen molar-refractivity contribution in [2.75, 3.05) is 32.6 Å². The van der Waals surface area contributed by atoms with Gasteiger partial charge in [-0.1, -0.05) is 5.11 Å². The van der Waals surface area contributed by atoms with Gasteiger partial charge in [-0.25, -0.2) is 14.8 Å². The second-order valence-electron chi connectivity index (χ2n) is 8.28. The largest absolute Gasteiger partial charge is 0.491 e. The average molecular weight is 494 g/mol. The Bertz CT molecular complexity index is 1440. The highest BCUT2D eigenvalue weighted by atomic mass is 32.1. The van der Waals surface area contributed by atoms with Crippen molar-refractivity contribution < 1.29 is 14.3 Å². The van der Waals surface area contributed by atoms with Crippen molar-refractivity contribution in [2.24, 2.45) is 5.11 Å². The summed E-state index contributed by atoms with van der Waals surface area (Å²) in [5.74, 6) is 1.26. The Morgan fingerprint density at radius 1 is 1.40 bits per heavy atom. The molecule has 0 saturated heterocycles. The first-order chi connectivity index (χ1) is 17.0. The maximum atomic E-state index is 12.0. The lowest BCUT2D eigenvalue weighted by Crippen LogP contribution is -2.31. The summed E-state index contributed by atoms with van der Waals surface area (Å²) < 4.78 is 11.5. The van der Waals surface area contributed by atoms with E-state index in [1.54, 1.807) is 31.6 Å². The second kappa shape index (κ2) is 9.65. The average Bonchev–Trinajstić information content (AvgIpc) is 3.45. The number of fused-ring (bicyclic) bond motifs is 4. The van der Waals surface area contributed by atoms with Crippen LogP contribution in [0.1, 0.15) is 16.9 Å². The summed E-state index contributed by atoms with van der Waals surface area (Å²) in [6.45, 7) is 0.449. The van der Waals surface area contributed by atoms with Gasteiger partial charge in [0.25, 0.3) is 0 Å². The minimum absolute atomic E-state index is 0.158. The third-order valence-corrected chi connectivity index (χ3v) is 6.90. The van der Waals surface area contributed by atoms with Crippen LogP contribution in [0.25, 0.3) is 31.6 Å². The van der Waals surface area contributed by atoms with Crippen LogP contribution < -0.4 is 10.1 Å². The number of nitrogens with one attached hydrogen (secondary N) is 2. The summed E-state index contributed by atoms with van der Waals surface area (Å²) in [7, 11) is 3.36. The predicted molar refractivity (Wildman–Crippen MR) is 132 cm³/mol. The Morgan fingerprint density at radius 2 is 2.29 bits per heavy atom. The van der Waals surface area contributed by atoms with Gasteiger partial charge in [0.15, 0.2) is 0 Å². The Morgan fingerprint density at radius 3 is 3.11 bits per heavy atom. The fourth-order valence-electron chi connectivity index (χ4n) is 4.08. The minimum atomic E-state index is -0.329. The molecule has 13 heteroatoms. The number of nitrogens with zero attached hydrogens (tertiary/aromatic N) is 7. The topological polar surface area (TPSA) is 154 Å². The molecule has 35 heavy (non-hydrogen) atoms. The lowest BCUT2D eigenvalue weighted by atomic mass is 9.94. The number of benzene rings is 1. The van der Waals surface area contributed by atoms with Crippen molar-refractivity contribution in [1.29, 1.82) is 0 Å². The molecule has 0 radical (unpaired) electrons. The van der Waals surface area contributed by atoms with Crippen LogP contribution >= 0.6 is 11.3 Å².